The Morgan fingerprint density at radius 1 is 1.05 bits per heavy atom. The molecule has 0 bridgehead atoms. The molecule has 2 aromatic rings. The highest BCUT2D eigenvalue weighted by atomic mass is 16.2. The SMILES string of the molecule is CCc1ccc(N(C)C(=O)Cc2ccc(C#N)cc2)cc1. The van der Waals surface area contributed by atoms with Crippen molar-refractivity contribution in [2.75, 3.05) is 11.9 Å². The second kappa shape index (κ2) is 6.71. The van der Waals surface area contributed by atoms with Crippen LogP contribution in [-0.4, -0.2) is 13.0 Å². The summed E-state index contributed by atoms with van der Waals surface area (Å²) >= 11 is 0. The van der Waals surface area contributed by atoms with Crippen molar-refractivity contribution in [3.8, 4) is 6.07 Å². The van der Waals surface area contributed by atoms with Crippen LogP contribution in [0.15, 0.2) is 48.5 Å². The molecule has 0 saturated carbocycles. The molecule has 0 heterocycles. The summed E-state index contributed by atoms with van der Waals surface area (Å²) in [7, 11) is 1.78. The molecule has 106 valence electrons. The molecule has 1 amide bonds. The Morgan fingerprint density at radius 2 is 1.62 bits per heavy atom. The van der Waals surface area contributed by atoms with Crippen molar-refractivity contribution >= 4 is 11.6 Å². The molecule has 2 rings (SSSR count). The quantitative estimate of drug-likeness (QED) is 0.861. The maximum absolute atomic E-state index is 12.3. The second-order valence-corrected chi connectivity index (χ2v) is 4.96. The predicted octanol–water partition coefficient (Wildman–Crippen LogP) is 3.33. The van der Waals surface area contributed by atoms with Gasteiger partial charge in [-0.15, -0.1) is 0 Å². The molecule has 0 aliphatic heterocycles. The Morgan fingerprint density at radius 3 is 2.14 bits per heavy atom. The molecule has 2 aromatic carbocycles. The zero-order valence-corrected chi connectivity index (χ0v) is 12.3. The van der Waals surface area contributed by atoms with Gasteiger partial charge in [0, 0.05) is 12.7 Å². The third-order valence-electron chi connectivity index (χ3n) is 3.54. The molecule has 0 radical (unpaired) electrons. The van der Waals surface area contributed by atoms with Crippen LogP contribution in [0.3, 0.4) is 0 Å². The number of anilines is 1. The summed E-state index contributed by atoms with van der Waals surface area (Å²) in [5.74, 6) is 0.0314. The minimum absolute atomic E-state index is 0.0314. The van der Waals surface area contributed by atoms with Crippen molar-refractivity contribution in [1.82, 2.24) is 0 Å². The van der Waals surface area contributed by atoms with Crippen LogP contribution in [-0.2, 0) is 17.6 Å². The first-order valence-electron chi connectivity index (χ1n) is 6.98. The van der Waals surface area contributed by atoms with Crippen LogP contribution in [0.2, 0.25) is 0 Å². The molecule has 0 unspecified atom stereocenters. The largest absolute Gasteiger partial charge is 0.315 e. The van der Waals surface area contributed by atoms with Gasteiger partial charge in [-0.05, 0) is 41.8 Å². The number of hydrogen-bond donors (Lipinski definition) is 0. The zero-order valence-electron chi connectivity index (χ0n) is 12.3. The summed E-state index contributed by atoms with van der Waals surface area (Å²) in [6.45, 7) is 2.11. The number of benzene rings is 2. The number of carbonyl (C=O) groups excluding carboxylic acids is 1. The average molecular weight is 278 g/mol. The molecule has 3 heteroatoms. The first kappa shape index (κ1) is 14.8. The third kappa shape index (κ3) is 3.70. The highest BCUT2D eigenvalue weighted by Crippen LogP contribution is 2.16. The Labute approximate surface area is 125 Å². The molecule has 3 nitrogen and oxygen atoms in total. The molecule has 21 heavy (non-hydrogen) atoms. The molecule has 0 spiro atoms. The van der Waals surface area contributed by atoms with Crippen LogP contribution < -0.4 is 4.90 Å². The van der Waals surface area contributed by atoms with E-state index >= 15 is 0 Å². The van der Waals surface area contributed by atoms with Gasteiger partial charge in [-0.25, -0.2) is 0 Å². The van der Waals surface area contributed by atoms with Crippen LogP contribution in [0, 0.1) is 11.3 Å². The third-order valence-corrected chi connectivity index (χ3v) is 3.54. The van der Waals surface area contributed by atoms with Crippen LogP contribution in [0.25, 0.3) is 0 Å². The number of aryl methyl sites for hydroxylation is 1. The summed E-state index contributed by atoms with van der Waals surface area (Å²) in [5.41, 5.74) is 3.67. The molecular formula is C18H18N2O. The lowest BCUT2D eigenvalue weighted by atomic mass is 10.1. The molecule has 0 saturated heterocycles. The summed E-state index contributed by atoms with van der Waals surface area (Å²) in [4.78, 5) is 13.9. The zero-order chi connectivity index (χ0) is 15.2. The molecule has 0 aliphatic carbocycles. The molecule has 0 atom stereocenters. The minimum atomic E-state index is 0.0314. The van der Waals surface area contributed by atoms with Gasteiger partial charge in [-0.3, -0.25) is 4.79 Å². The Balaban J connectivity index is 2.05. The van der Waals surface area contributed by atoms with Crippen molar-refractivity contribution < 1.29 is 4.79 Å². The Hall–Kier alpha value is -2.60. The van der Waals surface area contributed by atoms with Gasteiger partial charge in [0.15, 0.2) is 0 Å². The van der Waals surface area contributed by atoms with Gasteiger partial charge in [-0.2, -0.15) is 5.26 Å². The van der Waals surface area contributed by atoms with Gasteiger partial charge in [0.05, 0.1) is 18.1 Å². The predicted molar refractivity (Wildman–Crippen MR) is 84.1 cm³/mol. The molecule has 0 aliphatic rings. The fourth-order valence-electron chi connectivity index (χ4n) is 2.09. The van der Waals surface area contributed by atoms with Crippen LogP contribution in [0.5, 0.6) is 0 Å². The molecule has 0 fully saturated rings. The van der Waals surface area contributed by atoms with E-state index in [-0.39, 0.29) is 5.91 Å². The van der Waals surface area contributed by atoms with Gasteiger partial charge in [-0.1, -0.05) is 31.2 Å². The summed E-state index contributed by atoms with van der Waals surface area (Å²) in [5, 5.41) is 8.76. The van der Waals surface area contributed by atoms with E-state index in [2.05, 4.69) is 13.0 Å². The van der Waals surface area contributed by atoms with E-state index in [4.69, 9.17) is 5.26 Å². The molecule has 0 N–H and O–H groups in total. The highest BCUT2D eigenvalue weighted by Gasteiger charge is 2.11. The fraction of sp³-hybridized carbons (Fsp3) is 0.222. The van der Waals surface area contributed by atoms with E-state index in [0.717, 1.165) is 17.7 Å². The standard InChI is InChI=1S/C18H18N2O/c1-3-14-8-10-17(11-9-14)20(2)18(21)12-15-4-6-16(13-19)7-5-15/h4-11H,3,12H2,1-2H3. The summed E-state index contributed by atoms with van der Waals surface area (Å²) in [6.07, 6.45) is 1.32. The number of likely N-dealkylation sites (N-methyl/N-ethyl adjacent to an activating group) is 1. The van der Waals surface area contributed by atoms with Gasteiger partial charge in [0.2, 0.25) is 5.91 Å². The summed E-state index contributed by atoms with van der Waals surface area (Å²) < 4.78 is 0. The Bertz CT molecular complexity index is 651. The molecular weight excluding hydrogens is 260 g/mol. The van der Waals surface area contributed by atoms with E-state index in [1.165, 1.54) is 5.56 Å². The summed E-state index contributed by atoms with van der Waals surface area (Å²) in [6, 6.07) is 17.2. The smallest absolute Gasteiger partial charge is 0.231 e. The normalized spacial score (nSPS) is 9.95. The minimum Gasteiger partial charge on any atom is -0.315 e. The van der Waals surface area contributed by atoms with E-state index in [1.807, 2.05) is 36.4 Å². The number of nitriles is 1. The van der Waals surface area contributed by atoms with Crippen molar-refractivity contribution in [3.05, 3.63) is 65.2 Å². The lowest BCUT2D eigenvalue weighted by Crippen LogP contribution is -2.27. The van der Waals surface area contributed by atoms with Crippen molar-refractivity contribution in [3.63, 3.8) is 0 Å². The first-order valence-corrected chi connectivity index (χ1v) is 6.98. The maximum atomic E-state index is 12.3. The van der Waals surface area contributed by atoms with Gasteiger partial charge in [0.25, 0.3) is 0 Å². The number of nitrogens with zero attached hydrogens (tertiary/aromatic N) is 2. The van der Waals surface area contributed by atoms with E-state index in [1.54, 1.807) is 24.1 Å². The van der Waals surface area contributed by atoms with E-state index in [9.17, 15) is 4.79 Å². The maximum Gasteiger partial charge on any atom is 0.231 e. The average Bonchev–Trinajstić information content (AvgIpc) is 2.55. The molecule has 0 aromatic heterocycles. The van der Waals surface area contributed by atoms with Crippen LogP contribution in [0.1, 0.15) is 23.6 Å². The lowest BCUT2D eigenvalue weighted by Gasteiger charge is -2.17. The van der Waals surface area contributed by atoms with Gasteiger partial charge >= 0.3 is 0 Å². The fourth-order valence-corrected chi connectivity index (χ4v) is 2.09. The number of hydrogen-bond acceptors (Lipinski definition) is 2. The van der Waals surface area contributed by atoms with Crippen molar-refractivity contribution in [1.29, 1.82) is 5.26 Å². The number of carbonyl (C=O) groups is 1. The van der Waals surface area contributed by atoms with Crippen molar-refractivity contribution in [2.45, 2.75) is 19.8 Å². The topological polar surface area (TPSA) is 44.1 Å². The monoisotopic (exact) mass is 278 g/mol. The number of amides is 1. The van der Waals surface area contributed by atoms with Gasteiger partial charge in [0.1, 0.15) is 0 Å². The van der Waals surface area contributed by atoms with E-state index in [0.29, 0.717) is 12.0 Å². The van der Waals surface area contributed by atoms with Crippen molar-refractivity contribution in [2.24, 2.45) is 0 Å². The Kier molecular flexibility index (Phi) is 4.73. The lowest BCUT2D eigenvalue weighted by molar-refractivity contribution is -0.117. The first-order chi connectivity index (χ1) is 10.1. The van der Waals surface area contributed by atoms with Gasteiger partial charge < -0.3 is 4.90 Å². The highest BCUT2D eigenvalue weighted by molar-refractivity contribution is 5.94. The number of rotatable bonds is 4. The van der Waals surface area contributed by atoms with E-state index < -0.39 is 0 Å². The van der Waals surface area contributed by atoms with Crippen LogP contribution in [0.4, 0.5) is 5.69 Å². The van der Waals surface area contributed by atoms with Crippen LogP contribution >= 0.6 is 0 Å². The second-order valence-electron chi connectivity index (χ2n) is 4.96.